The summed E-state index contributed by atoms with van der Waals surface area (Å²) < 4.78 is 0.841. The number of hydrogen-bond donors (Lipinski definition) is 3. The van der Waals surface area contributed by atoms with Gasteiger partial charge >= 0.3 is 6.03 Å². The molecule has 0 spiro atoms. The molecule has 0 aliphatic heterocycles. The predicted octanol–water partition coefficient (Wildman–Crippen LogP) is 3.01. The number of benzene rings is 1. The highest BCUT2D eigenvalue weighted by atomic mass is 79.9. The van der Waals surface area contributed by atoms with Crippen molar-refractivity contribution >= 4 is 33.3 Å². The summed E-state index contributed by atoms with van der Waals surface area (Å²) >= 11 is 3.41. The Bertz CT molecular complexity index is 444. The van der Waals surface area contributed by atoms with E-state index in [-0.39, 0.29) is 6.03 Å². The molecule has 0 heterocycles. The number of nitrogen functional groups attached to an aromatic ring is 1. The van der Waals surface area contributed by atoms with Gasteiger partial charge in [0.2, 0.25) is 0 Å². The number of hydrogen-bond acceptors (Lipinski definition) is 2. The molecular weight excluding hydrogens is 282 g/mol. The van der Waals surface area contributed by atoms with Crippen LogP contribution in [-0.4, -0.2) is 12.1 Å². The van der Waals surface area contributed by atoms with E-state index in [1.165, 1.54) is 6.42 Å². The van der Waals surface area contributed by atoms with Crippen molar-refractivity contribution in [1.82, 2.24) is 5.32 Å². The maximum absolute atomic E-state index is 11.7. The molecule has 4 N–H and O–H groups in total. The topological polar surface area (TPSA) is 67.2 Å². The minimum absolute atomic E-state index is 0.168. The quantitative estimate of drug-likeness (QED) is 0.735. The lowest BCUT2D eigenvalue weighted by atomic mass is 9.93. The summed E-state index contributed by atoms with van der Waals surface area (Å²) in [6, 6.07) is 3.82. The molecule has 0 bridgehead atoms. The maximum Gasteiger partial charge on any atom is 0.319 e. The number of aryl methyl sites for hydroxylation is 1. The Morgan fingerprint density at radius 3 is 2.76 bits per heavy atom. The Morgan fingerprint density at radius 2 is 2.18 bits per heavy atom. The predicted molar refractivity (Wildman–Crippen MR) is 73.1 cm³/mol. The number of carbonyl (C=O) groups is 1. The molecule has 1 aliphatic carbocycles. The number of nitrogens with two attached hydrogens (primary N) is 1. The highest BCUT2D eigenvalue weighted by Crippen LogP contribution is 2.28. The minimum atomic E-state index is -0.168. The Morgan fingerprint density at radius 1 is 1.47 bits per heavy atom. The van der Waals surface area contributed by atoms with Crippen LogP contribution < -0.4 is 16.4 Å². The molecule has 4 nitrogen and oxygen atoms in total. The summed E-state index contributed by atoms with van der Waals surface area (Å²) in [7, 11) is 0. The molecule has 1 fully saturated rings. The Kier molecular flexibility index (Phi) is 3.57. The van der Waals surface area contributed by atoms with E-state index in [4.69, 9.17) is 5.73 Å². The number of halogens is 1. The molecule has 92 valence electrons. The second-order valence-corrected chi connectivity index (χ2v) is 5.27. The van der Waals surface area contributed by atoms with Crippen LogP contribution in [0.2, 0.25) is 0 Å². The zero-order valence-electron chi connectivity index (χ0n) is 9.72. The van der Waals surface area contributed by atoms with E-state index in [0.717, 1.165) is 22.9 Å². The Labute approximate surface area is 109 Å². The molecule has 1 aromatic carbocycles. The standard InChI is InChI=1S/C12H16BrN3O/c1-7-5-9(13)11(6-10(7)14)16-12(17)15-8-3-2-4-8/h5-6,8H,2-4,14H2,1H3,(H2,15,16,17). The highest BCUT2D eigenvalue weighted by Gasteiger charge is 2.19. The molecule has 2 amide bonds. The molecule has 1 aromatic rings. The van der Waals surface area contributed by atoms with Crippen LogP contribution in [0.3, 0.4) is 0 Å². The third-order valence-electron chi connectivity index (χ3n) is 3.04. The van der Waals surface area contributed by atoms with Gasteiger partial charge in [-0.2, -0.15) is 0 Å². The number of rotatable bonds is 2. The van der Waals surface area contributed by atoms with Crippen molar-refractivity contribution in [3.05, 3.63) is 22.2 Å². The lowest BCUT2D eigenvalue weighted by Crippen LogP contribution is -2.41. The normalized spacial score (nSPS) is 15.2. The van der Waals surface area contributed by atoms with Gasteiger partial charge in [-0.25, -0.2) is 4.79 Å². The summed E-state index contributed by atoms with van der Waals surface area (Å²) in [5.41, 5.74) is 8.17. The number of nitrogens with one attached hydrogen (secondary N) is 2. The van der Waals surface area contributed by atoms with Crippen molar-refractivity contribution in [2.75, 3.05) is 11.1 Å². The van der Waals surface area contributed by atoms with E-state index >= 15 is 0 Å². The van der Waals surface area contributed by atoms with Gasteiger partial charge in [-0.05, 0) is 59.8 Å². The van der Waals surface area contributed by atoms with Gasteiger partial charge in [-0.3, -0.25) is 0 Å². The van der Waals surface area contributed by atoms with Gasteiger partial charge in [0.05, 0.1) is 5.69 Å². The van der Waals surface area contributed by atoms with Crippen LogP contribution in [0.4, 0.5) is 16.2 Å². The first-order valence-electron chi connectivity index (χ1n) is 5.69. The average molecular weight is 298 g/mol. The van der Waals surface area contributed by atoms with Crippen molar-refractivity contribution in [2.45, 2.75) is 32.2 Å². The highest BCUT2D eigenvalue weighted by molar-refractivity contribution is 9.10. The lowest BCUT2D eigenvalue weighted by Gasteiger charge is -2.26. The first-order chi connectivity index (χ1) is 8.06. The number of carbonyl (C=O) groups excluding carboxylic acids is 1. The van der Waals surface area contributed by atoms with E-state index in [1.54, 1.807) is 6.07 Å². The molecule has 0 unspecified atom stereocenters. The van der Waals surface area contributed by atoms with Gasteiger partial charge in [0, 0.05) is 16.2 Å². The molecule has 1 saturated carbocycles. The second-order valence-electron chi connectivity index (χ2n) is 4.41. The van der Waals surface area contributed by atoms with Crippen LogP contribution in [0.5, 0.6) is 0 Å². The van der Waals surface area contributed by atoms with Gasteiger partial charge in [-0.1, -0.05) is 0 Å². The van der Waals surface area contributed by atoms with E-state index in [9.17, 15) is 4.79 Å². The van der Waals surface area contributed by atoms with E-state index in [2.05, 4.69) is 26.6 Å². The largest absolute Gasteiger partial charge is 0.398 e. The number of amides is 2. The first-order valence-corrected chi connectivity index (χ1v) is 6.48. The summed E-state index contributed by atoms with van der Waals surface area (Å²) in [6.45, 7) is 1.93. The van der Waals surface area contributed by atoms with Crippen LogP contribution in [-0.2, 0) is 0 Å². The molecule has 0 saturated heterocycles. The van der Waals surface area contributed by atoms with Gasteiger partial charge in [0.1, 0.15) is 0 Å². The van der Waals surface area contributed by atoms with Gasteiger partial charge in [0.15, 0.2) is 0 Å². The SMILES string of the molecule is Cc1cc(Br)c(NC(=O)NC2CCC2)cc1N. The smallest absolute Gasteiger partial charge is 0.319 e. The van der Waals surface area contributed by atoms with Crippen molar-refractivity contribution < 1.29 is 4.79 Å². The number of anilines is 2. The molecule has 0 aromatic heterocycles. The van der Waals surface area contributed by atoms with Gasteiger partial charge in [0.25, 0.3) is 0 Å². The second kappa shape index (κ2) is 4.96. The molecule has 17 heavy (non-hydrogen) atoms. The van der Waals surface area contributed by atoms with E-state index in [0.29, 0.717) is 17.4 Å². The summed E-state index contributed by atoms with van der Waals surface area (Å²) in [5, 5.41) is 5.71. The zero-order valence-corrected chi connectivity index (χ0v) is 11.3. The van der Waals surface area contributed by atoms with Gasteiger partial charge in [-0.15, -0.1) is 0 Å². The van der Waals surface area contributed by atoms with Crippen LogP contribution in [0, 0.1) is 6.92 Å². The first kappa shape index (κ1) is 12.2. The molecule has 0 atom stereocenters. The van der Waals surface area contributed by atoms with Crippen molar-refractivity contribution in [3.8, 4) is 0 Å². The van der Waals surface area contributed by atoms with Gasteiger partial charge < -0.3 is 16.4 Å². The third-order valence-corrected chi connectivity index (χ3v) is 3.70. The fraction of sp³-hybridized carbons (Fsp3) is 0.417. The minimum Gasteiger partial charge on any atom is -0.398 e. The summed E-state index contributed by atoms with van der Waals surface area (Å²) in [5.74, 6) is 0. The lowest BCUT2D eigenvalue weighted by molar-refractivity contribution is 0.240. The molecular formula is C12H16BrN3O. The summed E-state index contributed by atoms with van der Waals surface area (Å²) in [6.07, 6.45) is 3.35. The van der Waals surface area contributed by atoms with Crippen molar-refractivity contribution in [2.24, 2.45) is 0 Å². The average Bonchev–Trinajstić information content (AvgIpc) is 2.20. The van der Waals surface area contributed by atoms with Crippen molar-refractivity contribution in [1.29, 1.82) is 0 Å². The monoisotopic (exact) mass is 297 g/mol. The third kappa shape index (κ3) is 2.91. The Hall–Kier alpha value is -1.23. The molecule has 2 rings (SSSR count). The molecule has 5 heteroatoms. The van der Waals surface area contributed by atoms with Crippen molar-refractivity contribution in [3.63, 3.8) is 0 Å². The fourth-order valence-corrected chi connectivity index (χ4v) is 2.24. The molecule has 0 radical (unpaired) electrons. The zero-order chi connectivity index (χ0) is 12.4. The van der Waals surface area contributed by atoms with Crippen LogP contribution in [0.25, 0.3) is 0 Å². The number of urea groups is 1. The maximum atomic E-state index is 11.7. The Balaban J connectivity index is 2.02. The van der Waals surface area contributed by atoms with Crippen LogP contribution in [0.1, 0.15) is 24.8 Å². The van der Waals surface area contributed by atoms with E-state index in [1.807, 2.05) is 13.0 Å². The fourth-order valence-electron chi connectivity index (χ4n) is 1.68. The molecule has 1 aliphatic rings. The van der Waals surface area contributed by atoms with E-state index < -0.39 is 0 Å². The summed E-state index contributed by atoms with van der Waals surface area (Å²) in [4.78, 5) is 11.7. The van der Waals surface area contributed by atoms with Crippen LogP contribution >= 0.6 is 15.9 Å². The van der Waals surface area contributed by atoms with Crippen LogP contribution in [0.15, 0.2) is 16.6 Å².